The van der Waals surface area contributed by atoms with E-state index in [2.05, 4.69) is 10.6 Å². The topological polar surface area (TPSA) is 146 Å². The number of nitro groups is 1. The Morgan fingerprint density at radius 3 is 2.38 bits per heavy atom. The van der Waals surface area contributed by atoms with Crippen molar-refractivity contribution in [2.75, 3.05) is 26.1 Å². The van der Waals surface area contributed by atoms with Gasteiger partial charge in [-0.1, -0.05) is 25.4 Å². The van der Waals surface area contributed by atoms with Crippen LogP contribution in [0.2, 0.25) is 5.02 Å². The summed E-state index contributed by atoms with van der Waals surface area (Å²) >= 11 is 5.77. The zero-order valence-electron chi connectivity index (χ0n) is 18.9. The van der Waals surface area contributed by atoms with E-state index in [1.165, 1.54) is 26.4 Å². The summed E-state index contributed by atoms with van der Waals surface area (Å²) in [5, 5.41) is 16.0. The number of carbonyl (C=O) groups is 3. The number of nitro benzene ring substituents is 1. The van der Waals surface area contributed by atoms with Crippen LogP contribution < -0.4 is 20.1 Å². The van der Waals surface area contributed by atoms with Gasteiger partial charge in [0.05, 0.1) is 24.8 Å². The predicted molar refractivity (Wildman–Crippen MR) is 123 cm³/mol. The number of nitrogens with one attached hydrogen (secondary N) is 2. The van der Waals surface area contributed by atoms with Crippen molar-refractivity contribution in [3.05, 3.63) is 57.1 Å². The van der Waals surface area contributed by atoms with Gasteiger partial charge in [0, 0.05) is 17.7 Å². The summed E-state index contributed by atoms with van der Waals surface area (Å²) in [7, 11) is 2.90. The van der Waals surface area contributed by atoms with Gasteiger partial charge >= 0.3 is 5.97 Å². The monoisotopic (exact) mass is 493 g/mol. The molecular formula is C22H24ClN3O8. The van der Waals surface area contributed by atoms with E-state index in [1.807, 2.05) is 0 Å². The quantitative estimate of drug-likeness (QED) is 0.291. The van der Waals surface area contributed by atoms with E-state index in [9.17, 15) is 24.5 Å². The minimum atomic E-state index is -1.11. The molecule has 0 fully saturated rings. The molecule has 182 valence electrons. The molecule has 0 aliphatic carbocycles. The van der Waals surface area contributed by atoms with Crippen LogP contribution in [-0.4, -0.2) is 49.6 Å². The fourth-order valence-corrected chi connectivity index (χ4v) is 3.03. The van der Waals surface area contributed by atoms with Crippen molar-refractivity contribution in [2.24, 2.45) is 5.92 Å². The van der Waals surface area contributed by atoms with Crippen molar-refractivity contribution >= 4 is 40.8 Å². The molecule has 2 aromatic rings. The molecule has 11 nitrogen and oxygen atoms in total. The highest BCUT2D eigenvalue weighted by Crippen LogP contribution is 2.29. The predicted octanol–water partition coefficient (Wildman–Crippen LogP) is 3.20. The molecule has 0 unspecified atom stereocenters. The summed E-state index contributed by atoms with van der Waals surface area (Å²) in [6, 6.07) is 7.21. The standard InChI is InChI=1S/C22H24ClN3O8/c1-12(2)20(25-21(28)13-5-7-15(23)17(9-13)26(30)31)22(29)34-11-19(27)24-16-10-14(32-3)6-8-18(16)33-4/h5-10,12,20H,11H2,1-4H3,(H,24,27)(H,25,28)/t20-/m1/s1. The van der Waals surface area contributed by atoms with Gasteiger partial charge in [0.1, 0.15) is 22.6 Å². The van der Waals surface area contributed by atoms with E-state index in [-0.39, 0.29) is 10.6 Å². The minimum Gasteiger partial charge on any atom is -0.497 e. The van der Waals surface area contributed by atoms with Gasteiger partial charge < -0.3 is 24.8 Å². The molecule has 2 N–H and O–H groups in total. The summed E-state index contributed by atoms with van der Waals surface area (Å²) in [5.41, 5.74) is -0.180. The zero-order chi connectivity index (χ0) is 25.4. The van der Waals surface area contributed by atoms with Crippen LogP contribution in [0.1, 0.15) is 24.2 Å². The first-order valence-electron chi connectivity index (χ1n) is 10.0. The fraction of sp³-hybridized carbons (Fsp3) is 0.318. The average molecular weight is 494 g/mol. The van der Waals surface area contributed by atoms with Crippen LogP contribution in [0.3, 0.4) is 0 Å². The molecule has 0 saturated heterocycles. The van der Waals surface area contributed by atoms with Crippen molar-refractivity contribution in [2.45, 2.75) is 19.9 Å². The highest BCUT2D eigenvalue weighted by molar-refractivity contribution is 6.32. The molecular weight excluding hydrogens is 470 g/mol. The van der Waals surface area contributed by atoms with Gasteiger partial charge in [-0.3, -0.25) is 19.7 Å². The van der Waals surface area contributed by atoms with E-state index in [0.717, 1.165) is 6.07 Å². The van der Waals surface area contributed by atoms with Crippen LogP contribution in [0.25, 0.3) is 0 Å². The Labute approximate surface area is 200 Å². The van der Waals surface area contributed by atoms with Crippen molar-refractivity contribution < 1.29 is 33.5 Å². The molecule has 0 saturated carbocycles. The first-order chi connectivity index (χ1) is 16.1. The largest absolute Gasteiger partial charge is 0.497 e. The smallest absolute Gasteiger partial charge is 0.329 e. The third-order valence-electron chi connectivity index (χ3n) is 4.64. The lowest BCUT2D eigenvalue weighted by atomic mass is 10.0. The van der Waals surface area contributed by atoms with E-state index in [0.29, 0.717) is 17.2 Å². The molecule has 0 radical (unpaired) electrons. The number of methoxy groups -OCH3 is 2. The second-order valence-electron chi connectivity index (χ2n) is 7.34. The first-order valence-corrected chi connectivity index (χ1v) is 10.4. The molecule has 0 aliphatic rings. The van der Waals surface area contributed by atoms with Crippen molar-refractivity contribution in [1.82, 2.24) is 5.32 Å². The number of hydrogen-bond acceptors (Lipinski definition) is 8. The number of esters is 1. The molecule has 1 atom stereocenters. The van der Waals surface area contributed by atoms with Crippen molar-refractivity contribution in [1.29, 1.82) is 0 Å². The maximum absolute atomic E-state index is 12.6. The molecule has 12 heteroatoms. The number of nitrogens with zero attached hydrogens (tertiary/aromatic N) is 1. The zero-order valence-corrected chi connectivity index (χ0v) is 19.7. The molecule has 0 aliphatic heterocycles. The molecule has 2 aromatic carbocycles. The molecule has 0 bridgehead atoms. The van der Waals surface area contributed by atoms with Gasteiger partial charge in [0.25, 0.3) is 17.5 Å². The van der Waals surface area contributed by atoms with Gasteiger partial charge in [-0.15, -0.1) is 0 Å². The first kappa shape index (κ1) is 26.4. The third kappa shape index (κ3) is 6.82. The molecule has 2 rings (SSSR count). The molecule has 34 heavy (non-hydrogen) atoms. The van der Waals surface area contributed by atoms with E-state index < -0.39 is 47.0 Å². The van der Waals surface area contributed by atoms with Crippen molar-refractivity contribution in [3.63, 3.8) is 0 Å². The Bertz CT molecular complexity index is 1090. The van der Waals surface area contributed by atoms with Crippen LogP contribution in [0.4, 0.5) is 11.4 Å². The molecule has 2 amide bonds. The summed E-state index contributed by atoms with van der Waals surface area (Å²) in [6.45, 7) is 2.71. The van der Waals surface area contributed by atoms with Gasteiger partial charge in [0.2, 0.25) is 0 Å². The SMILES string of the molecule is COc1ccc(OC)c(NC(=O)COC(=O)[C@H](NC(=O)c2ccc(Cl)c([N+](=O)[O-])c2)C(C)C)c1. The number of benzene rings is 2. The normalized spacial score (nSPS) is 11.4. The number of ether oxygens (including phenoxy) is 3. The number of hydrogen-bond donors (Lipinski definition) is 2. The van der Waals surface area contributed by atoms with Gasteiger partial charge in [-0.05, 0) is 30.2 Å². The summed E-state index contributed by atoms with van der Waals surface area (Å²) in [6.07, 6.45) is 0. The van der Waals surface area contributed by atoms with Gasteiger partial charge in [0.15, 0.2) is 6.61 Å². The average Bonchev–Trinajstić information content (AvgIpc) is 2.80. The highest BCUT2D eigenvalue weighted by Gasteiger charge is 2.28. The summed E-state index contributed by atoms with van der Waals surface area (Å²) in [4.78, 5) is 47.8. The van der Waals surface area contributed by atoms with E-state index >= 15 is 0 Å². The molecule has 0 heterocycles. The number of anilines is 1. The lowest BCUT2D eigenvalue weighted by Gasteiger charge is -2.21. The third-order valence-corrected chi connectivity index (χ3v) is 4.96. The number of rotatable bonds is 10. The second kappa shape index (κ2) is 11.8. The number of carbonyl (C=O) groups excluding carboxylic acids is 3. The number of amides is 2. The summed E-state index contributed by atoms with van der Waals surface area (Å²) in [5.74, 6) is -1.76. The van der Waals surface area contributed by atoms with Gasteiger partial charge in [-0.2, -0.15) is 0 Å². The molecule has 0 aromatic heterocycles. The second-order valence-corrected chi connectivity index (χ2v) is 7.75. The van der Waals surface area contributed by atoms with Crippen LogP contribution in [0, 0.1) is 16.0 Å². The van der Waals surface area contributed by atoms with Crippen LogP contribution in [0.15, 0.2) is 36.4 Å². The van der Waals surface area contributed by atoms with Crippen LogP contribution >= 0.6 is 11.6 Å². The van der Waals surface area contributed by atoms with E-state index in [1.54, 1.807) is 32.0 Å². The van der Waals surface area contributed by atoms with E-state index in [4.69, 9.17) is 25.8 Å². The lowest BCUT2D eigenvalue weighted by Crippen LogP contribution is -2.46. The maximum Gasteiger partial charge on any atom is 0.329 e. The number of halogens is 1. The van der Waals surface area contributed by atoms with Crippen LogP contribution in [-0.2, 0) is 14.3 Å². The highest BCUT2D eigenvalue weighted by atomic mass is 35.5. The fourth-order valence-electron chi connectivity index (χ4n) is 2.84. The lowest BCUT2D eigenvalue weighted by molar-refractivity contribution is -0.384. The summed E-state index contributed by atoms with van der Waals surface area (Å²) < 4.78 is 15.4. The van der Waals surface area contributed by atoms with Crippen LogP contribution in [0.5, 0.6) is 11.5 Å². The maximum atomic E-state index is 12.6. The Hall–Kier alpha value is -3.86. The van der Waals surface area contributed by atoms with Gasteiger partial charge in [-0.25, -0.2) is 4.79 Å². The molecule has 0 spiro atoms. The Kier molecular flexibility index (Phi) is 9.19. The Morgan fingerprint density at radius 2 is 1.79 bits per heavy atom. The Morgan fingerprint density at radius 1 is 1.09 bits per heavy atom. The van der Waals surface area contributed by atoms with Crippen molar-refractivity contribution in [3.8, 4) is 11.5 Å². The minimum absolute atomic E-state index is 0.0580. The Balaban J connectivity index is 2.04.